The molecule has 10 heteroatoms. The smallest absolute Gasteiger partial charge is 0.326 e. The molecule has 2 aromatic carbocycles. The minimum Gasteiger partial charge on any atom is -0.493 e. The summed E-state index contributed by atoms with van der Waals surface area (Å²) in [4.78, 5) is 30.4. The van der Waals surface area contributed by atoms with Crippen molar-refractivity contribution in [2.75, 3.05) is 5.32 Å². The first kappa shape index (κ1) is 20.2. The van der Waals surface area contributed by atoms with Crippen LogP contribution >= 0.6 is 0 Å². The number of aromatic nitrogens is 6. The Kier molecular flexibility index (Phi) is 4.65. The summed E-state index contributed by atoms with van der Waals surface area (Å²) >= 11 is 0. The van der Waals surface area contributed by atoms with Gasteiger partial charge in [-0.2, -0.15) is 19.6 Å². The van der Waals surface area contributed by atoms with Gasteiger partial charge in [0.1, 0.15) is 5.69 Å². The Bertz CT molecular complexity index is 1710. The molecule has 0 saturated heterocycles. The fourth-order valence-corrected chi connectivity index (χ4v) is 3.90. The normalized spacial score (nSPS) is 15.9. The quantitative estimate of drug-likeness (QED) is 0.320. The summed E-state index contributed by atoms with van der Waals surface area (Å²) in [6, 6.07) is 14.8. The van der Waals surface area contributed by atoms with Crippen LogP contribution < -0.4 is 21.8 Å². The van der Waals surface area contributed by atoms with Gasteiger partial charge in [0, 0.05) is 5.22 Å². The van der Waals surface area contributed by atoms with Gasteiger partial charge < -0.3 is 15.4 Å². The van der Waals surface area contributed by atoms with Gasteiger partial charge in [-0.15, -0.1) is 0 Å². The third-order valence-electron chi connectivity index (χ3n) is 5.88. The molecule has 1 saturated carbocycles. The van der Waals surface area contributed by atoms with Gasteiger partial charge in [0.25, 0.3) is 5.62 Å². The molecule has 1 aliphatic rings. The molecule has 0 unspecified atom stereocenters. The average molecular weight is 454 g/mol. The second kappa shape index (κ2) is 7.84. The fourth-order valence-electron chi connectivity index (χ4n) is 3.90. The number of hydrogen-bond donors (Lipinski definition) is 4. The first-order chi connectivity index (χ1) is 16.5. The molecule has 6 rings (SSSR count). The lowest BCUT2D eigenvalue weighted by Crippen LogP contribution is -2.25. The monoisotopic (exact) mass is 454 g/mol. The van der Waals surface area contributed by atoms with Crippen molar-refractivity contribution in [1.29, 1.82) is 0 Å². The molecule has 1 fully saturated rings. The van der Waals surface area contributed by atoms with E-state index < -0.39 is 5.69 Å². The molecule has 3 heterocycles. The van der Waals surface area contributed by atoms with Crippen molar-refractivity contribution in [3.63, 3.8) is 0 Å². The summed E-state index contributed by atoms with van der Waals surface area (Å²) < 4.78 is 1.58. The van der Waals surface area contributed by atoms with Crippen molar-refractivity contribution in [2.24, 2.45) is 4.99 Å². The number of imidazole rings is 1. The molecule has 1 aliphatic carbocycles. The van der Waals surface area contributed by atoms with E-state index in [1.807, 2.05) is 12.1 Å². The number of aromatic hydroxyl groups is 1. The maximum absolute atomic E-state index is 11.5. The highest BCUT2D eigenvalue weighted by Gasteiger charge is 2.21. The average Bonchev–Trinajstić information content (AvgIpc) is 3.47. The largest absolute Gasteiger partial charge is 0.493 e. The van der Waals surface area contributed by atoms with Crippen molar-refractivity contribution in [3.8, 4) is 5.88 Å². The van der Waals surface area contributed by atoms with Crippen LogP contribution in [0.3, 0.4) is 0 Å². The number of rotatable bonds is 5. The minimum atomic E-state index is -0.495. The zero-order valence-electron chi connectivity index (χ0n) is 18.4. The predicted molar refractivity (Wildman–Crippen MR) is 127 cm³/mol. The van der Waals surface area contributed by atoms with E-state index in [0.717, 1.165) is 18.4 Å². The van der Waals surface area contributed by atoms with Gasteiger partial charge in [-0.3, -0.25) is 4.98 Å². The summed E-state index contributed by atoms with van der Waals surface area (Å²) in [5, 5.41) is 20.7. The Labute approximate surface area is 192 Å². The summed E-state index contributed by atoms with van der Waals surface area (Å²) in [5.41, 5.74) is 1.85. The minimum absolute atomic E-state index is 0.0544. The van der Waals surface area contributed by atoms with Crippen LogP contribution in [0.15, 0.2) is 58.4 Å². The number of hydrogen-bond acceptors (Lipinski definition) is 7. The van der Waals surface area contributed by atoms with Crippen LogP contribution in [-0.2, 0) is 0 Å². The zero-order valence-corrected chi connectivity index (χ0v) is 18.4. The van der Waals surface area contributed by atoms with E-state index in [2.05, 4.69) is 67.6 Å². The van der Waals surface area contributed by atoms with Crippen molar-refractivity contribution < 1.29 is 5.11 Å². The number of nitrogens with one attached hydrogen (secondary N) is 3. The van der Waals surface area contributed by atoms with Gasteiger partial charge in [0.15, 0.2) is 5.65 Å². The Balaban J connectivity index is 1.43. The SMILES string of the molecule is C[C@H](Nc1nc(=NC2CC2)n2ncc(=Cc3[nH]c(=O)[nH]c3O)c2n1)c1ccc2ccccc2c1. The van der Waals surface area contributed by atoms with E-state index >= 15 is 0 Å². The van der Waals surface area contributed by atoms with Gasteiger partial charge in [-0.05, 0) is 48.2 Å². The maximum atomic E-state index is 11.5. The fraction of sp³-hybridized carbons (Fsp3) is 0.208. The van der Waals surface area contributed by atoms with E-state index in [4.69, 9.17) is 4.99 Å². The molecule has 170 valence electrons. The standard InChI is InChI=1S/C24H22N8O2/c1-13(15-7-6-14-4-2-3-5-16(14)10-15)26-22-29-20-17(11-19-21(33)30-24(34)28-19)12-25-32(20)23(31-22)27-18-8-9-18/h2-7,10-13,18,33H,8-9H2,1H3,(H,26,27,31)(H2,28,30,34)/t13-/m0/s1. The summed E-state index contributed by atoms with van der Waals surface area (Å²) in [7, 11) is 0. The number of H-pyrrole nitrogens is 2. The van der Waals surface area contributed by atoms with Crippen LogP contribution in [0, 0.1) is 0 Å². The lowest BCUT2D eigenvalue weighted by atomic mass is 10.0. The summed E-state index contributed by atoms with van der Waals surface area (Å²) in [6.45, 7) is 2.06. The molecule has 0 radical (unpaired) electrons. The van der Waals surface area contributed by atoms with Gasteiger partial charge in [-0.25, -0.2) is 9.79 Å². The molecular weight excluding hydrogens is 432 g/mol. The number of aromatic amines is 2. The molecule has 10 nitrogen and oxygen atoms in total. The number of nitrogens with zero attached hydrogens (tertiary/aromatic N) is 5. The number of benzene rings is 2. The Morgan fingerprint density at radius 3 is 2.76 bits per heavy atom. The van der Waals surface area contributed by atoms with Crippen molar-refractivity contribution in [2.45, 2.75) is 31.8 Å². The first-order valence-electron chi connectivity index (χ1n) is 11.1. The van der Waals surface area contributed by atoms with Crippen molar-refractivity contribution in [1.82, 2.24) is 29.5 Å². The maximum Gasteiger partial charge on any atom is 0.326 e. The van der Waals surface area contributed by atoms with E-state index in [9.17, 15) is 9.90 Å². The Morgan fingerprint density at radius 2 is 2.00 bits per heavy atom. The molecular formula is C24H22N8O2. The van der Waals surface area contributed by atoms with Crippen molar-refractivity contribution in [3.05, 3.63) is 81.2 Å². The zero-order chi connectivity index (χ0) is 23.2. The third kappa shape index (κ3) is 3.79. The lowest BCUT2D eigenvalue weighted by Gasteiger charge is -2.15. The highest BCUT2D eigenvalue weighted by molar-refractivity contribution is 5.83. The molecule has 34 heavy (non-hydrogen) atoms. The highest BCUT2D eigenvalue weighted by atomic mass is 16.3. The van der Waals surface area contributed by atoms with E-state index in [1.54, 1.807) is 16.8 Å². The molecule has 1 atom stereocenters. The van der Waals surface area contributed by atoms with Gasteiger partial charge in [-0.1, -0.05) is 36.4 Å². The van der Waals surface area contributed by atoms with Crippen LogP contribution in [0.1, 0.15) is 37.1 Å². The van der Waals surface area contributed by atoms with Crippen LogP contribution in [0.4, 0.5) is 5.95 Å². The Morgan fingerprint density at radius 1 is 1.18 bits per heavy atom. The summed E-state index contributed by atoms with van der Waals surface area (Å²) in [5.74, 6) is 0.180. The van der Waals surface area contributed by atoms with Gasteiger partial charge in [0.2, 0.25) is 11.8 Å². The molecule has 4 N–H and O–H groups in total. The number of fused-ring (bicyclic) bond motifs is 2. The van der Waals surface area contributed by atoms with Gasteiger partial charge >= 0.3 is 5.69 Å². The predicted octanol–water partition coefficient (Wildman–Crippen LogP) is 1.78. The lowest BCUT2D eigenvalue weighted by molar-refractivity contribution is 0.454. The van der Waals surface area contributed by atoms with E-state index in [0.29, 0.717) is 22.4 Å². The second-order valence-corrected chi connectivity index (χ2v) is 8.50. The van der Waals surface area contributed by atoms with Crippen LogP contribution in [-0.4, -0.2) is 40.7 Å². The van der Waals surface area contributed by atoms with E-state index in [1.165, 1.54) is 10.8 Å². The van der Waals surface area contributed by atoms with Crippen LogP contribution in [0.5, 0.6) is 5.88 Å². The summed E-state index contributed by atoms with van der Waals surface area (Å²) in [6.07, 6.45) is 5.28. The molecule has 0 aliphatic heterocycles. The second-order valence-electron chi connectivity index (χ2n) is 8.50. The van der Waals surface area contributed by atoms with Crippen molar-refractivity contribution >= 4 is 28.4 Å². The molecule has 0 bridgehead atoms. The molecule has 0 spiro atoms. The topological polar surface area (TPSA) is 136 Å². The molecule has 5 aromatic rings. The first-order valence-corrected chi connectivity index (χ1v) is 11.1. The van der Waals surface area contributed by atoms with Crippen LogP contribution in [0.25, 0.3) is 22.5 Å². The van der Waals surface area contributed by atoms with Gasteiger partial charge in [0.05, 0.1) is 18.3 Å². The highest BCUT2D eigenvalue weighted by Crippen LogP contribution is 2.23. The Hall–Kier alpha value is -4.47. The third-order valence-corrected chi connectivity index (χ3v) is 5.88. The molecule has 0 amide bonds. The number of anilines is 1. The van der Waals surface area contributed by atoms with E-state index in [-0.39, 0.29) is 23.7 Å². The van der Waals surface area contributed by atoms with Crippen LogP contribution in [0.2, 0.25) is 0 Å². The molecule has 3 aromatic heterocycles.